The van der Waals surface area contributed by atoms with Gasteiger partial charge in [-0.15, -0.1) is 0 Å². The molecule has 0 saturated heterocycles. The zero-order valence-electron chi connectivity index (χ0n) is 19.9. The van der Waals surface area contributed by atoms with Gasteiger partial charge >= 0.3 is 0 Å². The van der Waals surface area contributed by atoms with Crippen molar-refractivity contribution in [2.24, 2.45) is 0 Å². The molecule has 2 aromatic carbocycles. The Kier molecular flexibility index (Phi) is 6.22. The maximum Gasteiger partial charge on any atom is 0.272 e. The van der Waals surface area contributed by atoms with Crippen LogP contribution in [0.4, 0.5) is 0 Å². The second kappa shape index (κ2) is 9.61. The van der Waals surface area contributed by atoms with Crippen LogP contribution in [0.5, 0.6) is 5.75 Å². The van der Waals surface area contributed by atoms with Crippen LogP contribution in [0.15, 0.2) is 54.7 Å². The van der Waals surface area contributed by atoms with Gasteiger partial charge in [-0.2, -0.15) is 10.2 Å². The molecule has 9 heteroatoms. The molecule has 1 aliphatic heterocycles. The zero-order chi connectivity index (χ0) is 24.4. The highest BCUT2D eigenvalue weighted by molar-refractivity contribution is 5.94. The Labute approximate surface area is 203 Å². The van der Waals surface area contributed by atoms with Gasteiger partial charge in [-0.25, -0.2) is 0 Å². The summed E-state index contributed by atoms with van der Waals surface area (Å²) in [6.07, 6.45) is 2.55. The van der Waals surface area contributed by atoms with E-state index in [4.69, 9.17) is 4.74 Å². The van der Waals surface area contributed by atoms with E-state index in [0.29, 0.717) is 38.3 Å². The summed E-state index contributed by atoms with van der Waals surface area (Å²) in [6.45, 7) is 4.16. The average molecular weight is 473 g/mol. The van der Waals surface area contributed by atoms with Crippen molar-refractivity contribution < 1.29 is 14.3 Å². The number of rotatable bonds is 7. The molecule has 0 spiro atoms. The highest BCUT2D eigenvalue weighted by Gasteiger charge is 2.30. The summed E-state index contributed by atoms with van der Waals surface area (Å²) in [5, 5.41) is 13.1. The quantitative estimate of drug-likeness (QED) is 0.446. The molecular formula is C26H28N6O3. The minimum absolute atomic E-state index is 0.0303. The van der Waals surface area contributed by atoms with Gasteiger partial charge in [-0.3, -0.25) is 19.0 Å². The fourth-order valence-corrected chi connectivity index (χ4v) is 4.49. The number of methoxy groups -OCH3 is 1. The number of aryl methyl sites for hydroxylation is 1. The fraction of sp³-hybridized carbons (Fsp3) is 0.308. The van der Waals surface area contributed by atoms with Crippen molar-refractivity contribution in [1.82, 2.24) is 29.8 Å². The largest absolute Gasteiger partial charge is 0.497 e. The summed E-state index contributed by atoms with van der Waals surface area (Å²) in [7, 11) is 1.62. The van der Waals surface area contributed by atoms with Crippen molar-refractivity contribution in [2.45, 2.75) is 39.5 Å². The van der Waals surface area contributed by atoms with Gasteiger partial charge in [0.2, 0.25) is 5.91 Å². The maximum atomic E-state index is 13.1. The highest BCUT2D eigenvalue weighted by atomic mass is 16.5. The molecule has 4 aromatic rings. The first-order chi connectivity index (χ1) is 17.1. The lowest BCUT2D eigenvalue weighted by Crippen LogP contribution is -2.39. The maximum absolute atomic E-state index is 13.1. The fourth-order valence-electron chi connectivity index (χ4n) is 4.49. The molecule has 2 amide bonds. The molecule has 1 N–H and O–H groups in total. The molecule has 5 rings (SSSR count). The molecule has 3 heterocycles. The van der Waals surface area contributed by atoms with Crippen LogP contribution >= 0.6 is 0 Å². The molecule has 0 atom stereocenters. The third-order valence-electron chi connectivity index (χ3n) is 6.37. The number of benzene rings is 2. The van der Waals surface area contributed by atoms with E-state index in [1.807, 2.05) is 66.3 Å². The van der Waals surface area contributed by atoms with Crippen molar-refractivity contribution in [3.63, 3.8) is 0 Å². The molecule has 1 aliphatic rings. The summed E-state index contributed by atoms with van der Waals surface area (Å²) in [5.41, 5.74) is 4.06. The number of hydrogen-bond acceptors (Lipinski definition) is 5. The van der Waals surface area contributed by atoms with Crippen molar-refractivity contribution >= 4 is 22.7 Å². The average Bonchev–Trinajstić information content (AvgIpc) is 3.47. The first-order valence-electron chi connectivity index (χ1n) is 11.8. The van der Waals surface area contributed by atoms with Crippen molar-refractivity contribution in [2.75, 3.05) is 13.7 Å². The lowest BCUT2D eigenvalue weighted by molar-refractivity contribution is -0.133. The van der Waals surface area contributed by atoms with E-state index in [2.05, 4.69) is 15.5 Å². The SMILES string of the molecule is CCn1nc(C(=O)NCc2ccc(OC)cc2)c2c1CCN(C(=O)Cn1cc3ccccc3n1)C2. The summed E-state index contributed by atoms with van der Waals surface area (Å²) in [5.74, 6) is 0.498. The standard InChI is InChI=1S/C26H28N6O3/c1-3-32-23-12-13-30(24(33)17-31-15-19-6-4-5-7-22(19)28-31)16-21(23)25(29-32)26(34)27-14-18-8-10-20(35-2)11-9-18/h4-11,15H,3,12-14,16-17H2,1-2H3,(H,27,34). The van der Waals surface area contributed by atoms with E-state index in [0.717, 1.165) is 33.5 Å². The van der Waals surface area contributed by atoms with Crippen LogP contribution in [0.3, 0.4) is 0 Å². The van der Waals surface area contributed by atoms with Gasteiger partial charge < -0.3 is 15.0 Å². The van der Waals surface area contributed by atoms with Gasteiger partial charge in [0.05, 0.1) is 12.6 Å². The molecule has 0 unspecified atom stereocenters. The summed E-state index contributed by atoms with van der Waals surface area (Å²) < 4.78 is 8.74. The summed E-state index contributed by atoms with van der Waals surface area (Å²) in [6, 6.07) is 15.3. The minimum Gasteiger partial charge on any atom is -0.497 e. The lowest BCUT2D eigenvalue weighted by Gasteiger charge is -2.27. The van der Waals surface area contributed by atoms with Gasteiger partial charge in [-0.05, 0) is 30.7 Å². The third-order valence-corrected chi connectivity index (χ3v) is 6.37. The molecule has 0 bridgehead atoms. The molecule has 0 radical (unpaired) electrons. The first kappa shape index (κ1) is 22.6. The molecule has 0 aliphatic carbocycles. The van der Waals surface area contributed by atoms with Crippen LogP contribution in [0, 0.1) is 0 Å². The molecule has 35 heavy (non-hydrogen) atoms. The Morgan fingerprint density at radius 3 is 2.63 bits per heavy atom. The van der Waals surface area contributed by atoms with Gasteiger partial charge in [-0.1, -0.05) is 30.3 Å². The molecule has 180 valence electrons. The van der Waals surface area contributed by atoms with Crippen LogP contribution < -0.4 is 10.1 Å². The number of carbonyl (C=O) groups excluding carboxylic acids is 2. The summed E-state index contributed by atoms with van der Waals surface area (Å²) >= 11 is 0. The predicted molar refractivity (Wildman–Crippen MR) is 131 cm³/mol. The molecule has 2 aromatic heterocycles. The molecule has 0 saturated carbocycles. The Balaban J connectivity index is 1.30. The smallest absolute Gasteiger partial charge is 0.272 e. The van der Waals surface area contributed by atoms with Crippen LogP contribution in [-0.4, -0.2) is 49.9 Å². The van der Waals surface area contributed by atoms with E-state index < -0.39 is 0 Å². The monoisotopic (exact) mass is 472 g/mol. The van der Waals surface area contributed by atoms with Crippen LogP contribution in [0.1, 0.15) is 34.2 Å². The summed E-state index contributed by atoms with van der Waals surface area (Å²) in [4.78, 5) is 28.0. The number of nitrogens with one attached hydrogen (secondary N) is 1. The Hall–Kier alpha value is -4.14. The number of amides is 2. The van der Waals surface area contributed by atoms with Crippen LogP contribution in [0.25, 0.3) is 10.9 Å². The van der Waals surface area contributed by atoms with Gasteiger partial charge in [0.1, 0.15) is 12.3 Å². The van der Waals surface area contributed by atoms with E-state index in [1.165, 1.54) is 0 Å². The van der Waals surface area contributed by atoms with Crippen LogP contribution in [0.2, 0.25) is 0 Å². The van der Waals surface area contributed by atoms with Crippen molar-refractivity contribution in [1.29, 1.82) is 0 Å². The number of aromatic nitrogens is 4. The Morgan fingerprint density at radius 1 is 1.09 bits per heavy atom. The predicted octanol–water partition coefficient (Wildman–Crippen LogP) is 2.78. The number of nitrogens with zero attached hydrogens (tertiary/aromatic N) is 5. The minimum atomic E-state index is -0.239. The number of fused-ring (bicyclic) bond motifs is 2. The van der Waals surface area contributed by atoms with E-state index in [9.17, 15) is 9.59 Å². The third kappa shape index (κ3) is 4.62. The topological polar surface area (TPSA) is 94.3 Å². The Morgan fingerprint density at radius 2 is 1.89 bits per heavy atom. The number of hydrogen-bond donors (Lipinski definition) is 1. The first-order valence-corrected chi connectivity index (χ1v) is 11.8. The number of carbonyl (C=O) groups is 2. The normalized spacial score (nSPS) is 13.0. The van der Waals surface area contributed by atoms with Crippen molar-refractivity contribution in [3.8, 4) is 5.75 Å². The van der Waals surface area contributed by atoms with Gasteiger partial charge in [0.15, 0.2) is 5.69 Å². The lowest BCUT2D eigenvalue weighted by atomic mass is 10.0. The molecule has 9 nitrogen and oxygen atoms in total. The highest BCUT2D eigenvalue weighted by Crippen LogP contribution is 2.24. The number of ether oxygens (including phenoxy) is 1. The Bertz CT molecular complexity index is 1340. The van der Waals surface area contributed by atoms with Gasteiger partial charge in [0.25, 0.3) is 5.91 Å². The van der Waals surface area contributed by atoms with E-state index >= 15 is 0 Å². The molecular weight excluding hydrogens is 444 g/mol. The second-order valence-corrected chi connectivity index (χ2v) is 8.57. The van der Waals surface area contributed by atoms with Gasteiger partial charge in [0, 0.05) is 55.4 Å². The van der Waals surface area contributed by atoms with E-state index in [1.54, 1.807) is 16.7 Å². The zero-order valence-corrected chi connectivity index (χ0v) is 19.9. The molecule has 0 fully saturated rings. The van der Waals surface area contributed by atoms with E-state index in [-0.39, 0.29) is 18.4 Å². The van der Waals surface area contributed by atoms with Crippen molar-refractivity contribution in [3.05, 3.63) is 77.2 Å². The van der Waals surface area contributed by atoms with Crippen LogP contribution in [-0.2, 0) is 37.4 Å². The second-order valence-electron chi connectivity index (χ2n) is 8.57.